The zero-order valence-corrected chi connectivity index (χ0v) is 15.7. The predicted octanol–water partition coefficient (Wildman–Crippen LogP) is -2.12. The fourth-order valence-electron chi connectivity index (χ4n) is 3.02. The van der Waals surface area contributed by atoms with E-state index in [1.54, 1.807) is 11.6 Å². The molecule has 0 bridgehead atoms. The summed E-state index contributed by atoms with van der Waals surface area (Å²) in [6, 6.07) is 0. The third-order valence-electron chi connectivity index (χ3n) is 4.46. The maximum absolute atomic E-state index is 12.5. The molecule has 2 aromatic rings. The zero-order valence-electron chi connectivity index (χ0n) is 14.9. The van der Waals surface area contributed by atoms with Gasteiger partial charge < -0.3 is 15.2 Å². The van der Waals surface area contributed by atoms with Crippen molar-refractivity contribution in [1.82, 2.24) is 34.2 Å². The topological polar surface area (TPSA) is 106 Å². The number of carbonyl (C=O) groups excluding carboxylic acids is 1. The number of aromatic nitrogens is 4. The van der Waals surface area contributed by atoms with Gasteiger partial charge in [-0.2, -0.15) is 0 Å². The van der Waals surface area contributed by atoms with Crippen LogP contribution in [0.15, 0.2) is 15.9 Å². The fourth-order valence-corrected chi connectivity index (χ4v) is 3.02. The molecule has 0 spiro atoms. The van der Waals surface area contributed by atoms with E-state index in [1.165, 1.54) is 17.9 Å². The number of nitrogens with one attached hydrogen (secondary N) is 2. The lowest BCUT2D eigenvalue weighted by Gasteiger charge is -2.27. The van der Waals surface area contributed by atoms with E-state index in [4.69, 9.17) is 0 Å². The van der Waals surface area contributed by atoms with Crippen LogP contribution in [-0.4, -0.2) is 68.8 Å². The Morgan fingerprint density at radius 1 is 1.27 bits per heavy atom. The van der Waals surface area contributed by atoms with Crippen molar-refractivity contribution in [1.29, 1.82) is 0 Å². The summed E-state index contributed by atoms with van der Waals surface area (Å²) in [5, 5.41) is 6.05. The minimum absolute atomic E-state index is 0. The number of carbonyl (C=O) groups is 1. The molecule has 2 aromatic heterocycles. The van der Waals surface area contributed by atoms with Gasteiger partial charge in [-0.3, -0.25) is 19.1 Å². The number of fused-ring (bicyclic) bond motifs is 1. The number of hydrogen-bond acceptors (Lipinski definition) is 6. The van der Waals surface area contributed by atoms with Gasteiger partial charge in [-0.05, 0) is 0 Å². The Bertz CT molecular complexity index is 895. The zero-order chi connectivity index (χ0) is 18.0. The summed E-state index contributed by atoms with van der Waals surface area (Å²) >= 11 is 0. The maximum Gasteiger partial charge on any atom is 0.332 e. The van der Waals surface area contributed by atoms with Crippen molar-refractivity contribution in [2.24, 2.45) is 14.1 Å². The molecule has 26 heavy (non-hydrogen) atoms. The molecule has 1 aliphatic rings. The van der Waals surface area contributed by atoms with Crippen molar-refractivity contribution < 1.29 is 4.79 Å². The average Bonchev–Trinajstić information content (AvgIpc) is 3.00. The highest BCUT2D eigenvalue weighted by Crippen LogP contribution is 2.02. The molecule has 1 saturated heterocycles. The van der Waals surface area contributed by atoms with E-state index >= 15 is 0 Å². The molecule has 0 unspecified atom stereocenters. The Morgan fingerprint density at radius 2 is 1.96 bits per heavy atom. The van der Waals surface area contributed by atoms with E-state index in [-0.39, 0.29) is 24.9 Å². The van der Waals surface area contributed by atoms with Crippen molar-refractivity contribution >= 4 is 29.5 Å². The van der Waals surface area contributed by atoms with Gasteiger partial charge in [-0.25, -0.2) is 14.3 Å². The maximum atomic E-state index is 12.5. The first-order valence-electron chi connectivity index (χ1n) is 8.29. The fraction of sp³-hybridized carbons (Fsp3) is 0.600. The lowest BCUT2D eigenvalue weighted by atomic mass is 10.3. The van der Waals surface area contributed by atoms with Gasteiger partial charge in [0, 0.05) is 53.4 Å². The van der Waals surface area contributed by atoms with Crippen LogP contribution in [-0.2, 0) is 25.4 Å². The number of piperazine rings is 1. The van der Waals surface area contributed by atoms with E-state index in [2.05, 4.69) is 20.5 Å². The van der Waals surface area contributed by atoms with Gasteiger partial charge >= 0.3 is 5.69 Å². The summed E-state index contributed by atoms with van der Waals surface area (Å²) in [4.78, 5) is 43.4. The highest BCUT2D eigenvalue weighted by Gasteiger charge is 2.17. The third-order valence-corrected chi connectivity index (χ3v) is 4.46. The third kappa shape index (κ3) is 3.97. The minimum Gasteiger partial charge on any atom is -0.353 e. The van der Waals surface area contributed by atoms with Gasteiger partial charge in [-0.1, -0.05) is 0 Å². The molecule has 3 heterocycles. The quantitative estimate of drug-likeness (QED) is 0.609. The van der Waals surface area contributed by atoms with Gasteiger partial charge in [0.1, 0.15) is 6.54 Å². The molecule has 0 aromatic carbocycles. The van der Waals surface area contributed by atoms with E-state index in [1.807, 2.05) is 0 Å². The summed E-state index contributed by atoms with van der Waals surface area (Å²) in [6.07, 6.45) is 1.48. The summed E-state index contributed by atoms with van der Waals surface area (Å²) in [6.45, 7) is 4.74. The Morgan fingerprint density at radius 3 is 2.65 bits per heavy atom. The molecule has 1 fully saturated rings. The van der Waals surface area contributed by atoms with Crippen LogP contribution < -0.4 is 21.9 Å². The second-order valence-electron chi connectivity index (χ2n) is 6.20. The van der Waals surface area contributed by atoms with Crippen LogP contribution in [0.2, 0.25) is 0 Å². The number of hydrogen-bond donors (Lipinski definition) is 2. The smallest absolute Gasteiger partial charge is 0.332 e. The van der Waals surface area contributed by atoms with Crippen LogP contribution in [0.25, 0.3) is 11.2 Å². The van der Waals surface area contributed by atoms with Crippen molar-refractivity contribution in [3.8, 4) is 0 Å². The first-order chi connectivity index (χ1) is 12.0. The van der Waals surface area contributed by atoms with Crippen molar-refractivity contribution in [3.05, 3.63) is 27.2 Å². The van der Waals surface area contributed by atoms with Gasteiger partial charge in [0.25, 0.3) is 5.56 Å². The number of aryl methyl sites for hydroxylation is 2. The number of rotatable bonds is 5. The summed E-state index contributed by atoms with van der Waals surface area (Å²) in [7, 11) is 3.22. The van der Waals surface area contributed by atoms with Gasteiger partial charge in [0.2, 0.25) is 5.91 Å². The van der Waals surface area contributed by atoms with Gasteiger partial charge in [0.05, 0.1) is 6.33 Å². The van der Waals surface area contributed by atoms with Crippen LogP contribution in [0.4, 0.5) is 0 Å². The number of imidazole rings is 1. The molecule has 10 nitrogen and oxygen atoms in total. The van der Waals surface area contributed by atoms with Gasteiger partial charge in [0.15, 0.2) is 11.2 Å². The lowest BCUT2D eigenvalue weighted by Crippen LogP contribution is -2.47. The van der Waals surface area contributed by atoms with Crippen molar-refractivity contribution in [2.75, 3.05) is 39.3 Å². The highest BCUT2D eigenvalue weighted by atomic mass is 35.5. The highest BCUT2D eigenvalue weighted by molar-refractivity contribution is 5.85. The number of amides is 1. The number of nitrogens with zero attached hydrogens (tertiary/aromatic N) is 5. The van der Waals surface area contributed by atoms with Gasteiger partial charge in [-0.15, -0.1) is 12.4 Å². The van der Waals surface area contributed by atoms with E-state index < -0.39 is 11.2 Å². The molecule has 3 rings (SSSR count). The molecule has 1 aliphatic heterocycles. The molecule has 144 valence electrons. The molecule has 11 heteroatoms. The largest absolute Gasteiger partial charge is 0.353 e. The summed E-state index contributed by atoms with van der Waals surface area (Å²) in [5.74, 6) is -0.351. The predicted molar refractivity (Wildman–Crippen MR) is 99.8 cm³/mol. The van der Waals surface area contributed by atoms with E-state index in [0.29, 0.717) is 17.7 Å². The standard InChI is InChI=1S/C15H23N7O3.ClH/c1-19-10-18-13-12(19)14(24)22(15(25)20(13)2)9-11(23)17-5-8-21-6-3-16-4-7-21;/h10,16H,3-9H2,1-2H3,(H,17,23);1H. The minimum atomic E-state index is -0.548. The first kappa shape index (κ1) is 20.1. The monoisotopic (exact) mass is 385 g/mol. The summed E-state index contributed by atoms with van der Waals surface area (Å²) < 4.78 is 3.78. The molecule has 0 atom stereocenters. The molecule has 0 aliphatic carbocycles. The Labute approximate surface area is 156 Å². The van der Waals surface area contributed by atoms with Crippen LogP contribution in [0.5, 0.6) is 0 Å². The molecular weight excluding hydrogens is 362 g/mol. The Kier molecular flexibility index (Phi) is 6.57. The van der Waals surface area contributed by atoms with Crippen LogP contribution in [0, 0.1) is 0 Å². The SMILES string of the molecule is Cl.Cn1cnc2c1c(=O)n(CC(=O)NCCN1CCNCC1)c(=O)n2C. The Hall–Kier alpha value is -2.17. The van der Waals surface area contributed by atoms with Crippen LogP contribution in [0.1, 0.15) is 0 Å². The summed E-state index contributed by atoms with van der Waals surface area (Å²) in [5.41, 5.74) is -0.438. The lowest BCUT2D eigenvalue weighted by molar-refractivity contribution is -0.121. The number of halogens is 1. The second kappa shape index (κ2) is 8.47. The second-order valence-corrected chi connectivity index (χ2v) is 6.20. The first-order valence-corrected chi connectivity index (χ1v) is 8.29. The van der Waals surface area contributed by atoms with E-state index in [9.17, 15) is 14.4 Å². The molecule has 2 N–H and O–H groups in total. The normalized spacial score (nSPS) is 15.0. The van der Waals surface area contributed by atoms with Crippen LogP contribution in [0.3, 0.4) is 0 Å². The van der Waals surface area contributed by atoms with Crippen LogP contribution >= 0.6 is 12.4 Å². The molecule has 0 radical (unpaired) electrons. The average molecular weight is 386 g/mol. The van der Waals surface area contributed by atoms with Crippen molar-refractivity contribution in [2.45, 2.75) is 6.54 Å². The Balaban J connectivity index is 0.00000243. The van der Waals surface area contributed by atoms with E-state index in [0.717, 1.165) is 37.3 Å². The van der Waals surface area contributed by atoms with Crippen molar-refractivity contribution in [3.63, 3.8) is 0 Å². The molecular formula is C15H24ClN7O3. The molecule has 1 amide bonds. The molecule has 0 saturated carbocycles.